The predicted molar refractivity (Wildman–Crippen MR) is 145 cm³/mol. The lowest BCUT2D eigenvalue weighted by molar-refractivity contribution is 0.0499. The van der Waals surface area contributed by atoms with Gasteiger partial charge in [0, 0.05) is 0 Å². The molecule has 2 heteroatoms. The predicted octanol–water partition coefficient (Wildman–Crippen LogP) is 8.61. The Hall–Kier alpha value is -2.35. The lowest BCUT2D eigenvalue weighted by Gasteiger charge is -2.32. The van der Waals surface area contributed by atoms with E-state index in [1.165, 1.54) is 27.8 Å². The van der Waals surface area contributed by atoms with Gasteiger partial charge in [-0.15, -0.1) is 0 Å². The van der Waals surface area contributed by atoms with Crippen molar-refractivity contribution < 1.29 is 9.53 Å². The fraction of sp³-hybridized carbons (Fsp3) is 0.531. The molecule has 0 saturated carbocycles. The summed E-state index contributed by atoms with van der Waals surface area (Å²) in [6, 6.07) is 12.8. The number of ether oxygens (including phenoxy) is 1. The smallest absolute Gasteiger partial charge is 0.338 e. The van der Waals surface area contributed by atoms with Crippen LogP contribution in [0.3, 0.4) is 0 Å². The number of hydrogen-bond acceptors (Lipinski definition) is 2. The van der Waals surface area contributed by atoms with Gasteiger partial charge >= 0.3 is 5.97 Å². The topological polar surface area (TPSA) is 26.3 Å². The van der Waals surface area contributed by atoms with Gasteiger partial charge < -0.3 is 4.74 Å². The van der Waals surface area contributed by atoms with Gasteiger partial charge in [0.15, 0.2) is 0 Å². The highest BCUT2D eigenvalue weighted by molar-refractivity contribution is 5.90. The Labute approximate surface area is 207 Å². The van der Waals surface area contributed by atoms with Crippen LogP contribution in [0.25, 0.3) is 11.6 Å². The van der Waals surface area contributed by atoms with E-state index in [1.54, 1.807) is 0 Å². The molecule has 34 heavy (non-hydrogen) atoms. The van der Waals surface area contributed by atoms with Gasteiger partial charge in [-0.05, 0) is 88.0 Å². The van der Waals surface area contributed by atoms with Gasteiger partial charge in [-0.3, -0.25) is 0 Å². The van der Waals surface area contributed by atoms with Crippen LogP contribution >= 0.6 is 0 Å². The standard InChI is InChI=1S/C32H44O2/c1-10-11-16-34-30(33)25-14-12-24(13-15-25)18-22(4)27-20-29-28(19-26(27)17-21(2)3)31(6,7)23(5)32(29,8)9/h12-15,18-21,23H,10-11,16-17H2,1-9H3/b22-18+. The highest BCUT2D eigenvalue weighted by Gasteiger charge is 2.48. The summed E-state index contributed by atoms with van der Waals surface area (Å²) in [6.07, 6.45) is 5.23. The van der Waals surface area contributed by atoms with Gasteiger partial charge in [0.25, 0.3) is 0 Å². The van der Waals surface area contributed by atoms with E-state index in [0.29, 0.717) is 24.0 Å². The highest BCUT2D eigenvalue weighted by atomic mass is 16.5. The zero-order valence-corrected chi connectivity index (χ0v) is 22.8. The van der Waals surface area contributed by atoms with E-state index in [0.717, 1.165) is 24.8 Å². The Balaban J connectivity index is 1.97. The molecule has 0 radical (unpaired) electrons. The molecule has 184 valence electrons. The minimum Gasteiger partial charge on any atom is -0.462 e. The molecule has 3 rings (SSSR count). The second-order valence-electron chi connectivity index (χ2n) is 11.8. The number of fused-ring (bicyclic) bond motifs is 1. The van der Waals surface area contributed by atoms with Crippen LogP contribution in [-0.4, -0.2) is 12.6 Å². The SMILES string of the molecule is CCCCOC(=O)c1ccc(/C=C(\C)c2cc3c(cc2CC(C)C)C(C)(C)C(C)C3(C)C)cc1. The molecule has 0 aliphatic heterocycles. The minimum absolute atomic E-state index is 0.143. The summed E-state index contributed by atoms with van der Waals surface area (Å²) in [5.41, 5.74) is 9.10. The summed E-state index contributed by atoms with van der Waals surface area (Å²) in [5, 5.41) is 0. The summed E-state index contributed by atoms with van der Waals surface area (Å²) < 4.78 is 5.34. The number of carbonyl (C=O) groups is 1. The molecule has 2 nitrogen and oxygen atoms in total. The molecule has 0 fully saturated rings. The molecule has 1 aliphatic rings. The lowest BCUT2D eigenvalue weighted by Crippen LogP contribution is -2.30. The second kappa shape index (κ2) is 10.1. The van der Waals surface area contributed by atoms with Crippen LogP contribution in [0.1, 0.15) is 113 Å². The fourth-order valence-electron chi connectivity index (χ4n) is 5.49. The van der Waals surface area contributed by atoms with E-state index >= 15 is 0 Å². The first-order chi connectivity index (χ1) is 15.9. The highest BCUT2D eigenvalue weighted by Crippen LogP contribution is 2.54. The van der Waals surface area contributed by atoms with E-state index < -0.39 is 0 Å². The number of hydrogen-bond donors (Lipinski definition) is 0. The third-order valence-corrected chi connectivity index (χ3v) is 8.11. The average molecular weight is 461 g/mol. The Morgan fingerprint density at radius 2 is 1.62 bits per heavy atom. The van der Waals surface area contributed by atoms with Crippen molar-refractivity contribution in [2.24, 2.45) is 11.8 Å². The molecule has 2 aromatic carbocycles. The number of unbranched alkanes of at least 4 members (excludes halogenated alkanes) is 1. The molecule has 2 aromatic rings. The largest absolute Gasteiger partial charge is 0.462 e. The van der Waals surface area contributed by atoms with E-state index in [9.17, 15) is 4.79 Å². The third-order valence-electron chi connectivity index (χ3n) is 8.11. The number of allylic oxidation sites excluding steroid dienone is 1. The quantitative estimate of drug-likeness (QED) is 0.224. The van der Waals surface area contributed by atoms with Gasteiger partial charge in [-0.2, -0.15) is 0 Å². The number of carbonyl (C=O) groups excluding carboxylic acids is 1. The Kier molecular flexibility index (Phi) is 7.80. The van der Waals surface area contributed by atoms with Gasteiger partial charge in [-0.1, -0.05) is 92.2 Å². The number of benzene rings is 2. The molecule has 0 amide bonds. The zero-order chi connectivity index (χ0) is 25.3. The number of esters is 1. The van der Waals surface area contributed by atoms with Crippen LogP contribution in [0.4, 0.5) is 0 Å². The van der Waals surface area contributed by atoms with Crippen LogP contribution in [0.5, 0.6) is 0 Å². The van der Waals surface area contributed by atoms with Crippen molar-refractivity contribution in [1.29, 1.82) is 0 Å². The summed E-state index contributed by atoms with van der Waals surface area (Å²) in [5.74, 6) is 0.932. The van der Waals surface area contributed by atoms with Crippen LogP contribution in [0, 0.1) is 11.8 Å². The van der Waals surface area contributed by atoms with E-state index in [4.69, 9.17) is 4.74 Å². The molecule has 0 heterocycles. The maximum atomic E-state index is 12.2. The van der Waals surface area contributed by atoms with E-state index in [-0.39, 0.29) is 16.8 Å². The molecule has 0 bridgehead atoms. The van der Waals surface area contributed by atoms with E-state index in [2.05, 4.69) is 80.5 Å². The first kappa shape index (κ1) is 26.3. The Morgan fingerprint density at radius 1 is 1.03 bits per heavy atom. The summed E-state index contributed by atoms with van der Waals surface area (Å²) in [7, 11) is 0. The zero-order valence-electron chi connectivity index (χ0n) is 22.8. The monoisotopic (exact) mass is 460 g/mol. The van der Waals surface area contributed by atoms with Crippen molar-refractivity contribution in [2.75, 3.05) is 6.61 Å². The third kappa shape index (κ3) is 5.16. The minimum atomic E-state index is -0.238. The molecule has 0 saturated heterocycles. The lowest BCUT2D eigenvalue weighted by atomic mass is 9.71. The van der Waals surface area contributed by atoms with Gasteiger partial charge in [-0.25, -0.2) is 4.79 Å². The molecule has 0 aromatic heterocycles. The van der Waals surface area contributed by atoms with Crippen LogP contribution in [0.2, 0.25) is 0 Å². The fourth-order valence-corrected chi connectivity index (χ4v) is 5.49. The van der Waals surface area contributed by atoms with Gasteiger partial charge in [0.1, 0.15) is 0 Å². The van der Waals surface area contributed by atoms with Gasteiger partial charge in [0.05, 0.1) is 12.2 Å². The van der Waals surface area contributed by atoms with Crippen molar-refractivity contribution in [3.63, 3.8) is 0 Å². The average Bonchev–Trinajstić information content (AvgIpc) is 2.90. The first-order valence-electron chi connectivity index (χ1n) is 13.0. The van der Waals surface area contributed by atoms with Crippen molar-refractivity contribution in [3.8, 4) is 0 Å². The van der Waals surface area contributed by atoms with Crippen molar-refractivity contribution in [1.82, 2.24) is 0 Å². The van der Waals surface area contributed by atoms with E-state index in [1.807, 2.05) is 24.3 Å². The maximum Gasteiger partial charge on any atom is 0.338 e. The summed E-state index contributed by atoms with van der Waals surface area (Å²) in [6.45, 7) is 21.4. The van der Waals surface area contributed by atoms with Crippen molar-refractivity contribution in [3.05, 3.63) is 69.8 Å². The van der Waals surface area contributed by atoms with Crippen LogP contribution in [-0.2, 0) is 22.0 Å². The molecule has 0 N–H and O–H groups in total. The van der Waals surface area contributed by atoms with Crippen molar-refractivity contribution in [2.45, 2.75) is 92.4 Å². The van der Waals surface area contributed by atoms with Gasteiger partial charge in [0.2, 0.25) is 0 Å². The molecular weight excluding hydrogens is 416 g/mol. The van der Waals surface area contributed by atoms with Crippen LogP contribution < -0.4 is 0 Å². The first-order valence-corrected chi connectivity index (χ1v) is 13.0. The summed E-state index contributed by atoms with van der Waals surface area (Å²) in [4.78, 5) is 12.2. The molecular formula is C32H44O2. The maximum absolute atomic E-state index is 12.2. The van der Waals surface area contributed by atoms with Crippen molar-refractivity contribution >= 4 is 17.6 Å². The molecule has 0 spiro atoms. The molecule has 1 unspecified atom stereocenters. The van der Waals surface area contributed by atoms with Crippen LogP contribution in [0.15, 0.2) is 36.4 Å². The normalized spacial score (nSPS) is 18.8. The number of rotatable bonds is 8. The Bertz CT molecular complexity index is 1050. The Morgan fingerprint density at radius 3 is 2.18 bits per heavy atom. The molecule has 1 atom stereocenters. The molecule has 1 aliphatic carbocycles. The summed E-state index contributed by atoms with van der Waals surface area (Å²) >= 11 is 0. The second-order valence-corrected chi connectivity index (χ2v) is 11.8.